The number of hydrogen-bond donors (Lipinski definition) is 0. The quantitative estimate of drug-likeness (QED) is 0.580. The Kier molecular flexibility index (Phi) is 4.44. The lowest BCUT2D eigenvalue weighted by molar-refractivity contribution is -0.105. The van der Waals surface area contributed by atoms with E-state index in [1.54, 1.807) is 12.2 Å². The van der Waals surface area contributed by atoms with Crippen molar-refractivity contribution in [1.82, 2.24) is 0 Å². The molecule has 132 valence electrons. The summed E-state index contributed by atoms with van der Waals surface area (Å²) in [5.74, 6) is 0.760. The van der Waals surface area contributed by atoms with E-state index in [2.05, 4.69) is 39.8 Å². The van der Waals surface area contributed by atoms with Gasteiger partial charge >= 0.3 is 0 Å². The molecular weight excluding hydrogens is 312 g/mol. The minimum absolute atomic E-state index is 0.00521. The summed E-state index contributed by atoms with van der Waals surface area (Å²) in [6.07, 6.45) is 6.84. The molecule has 1 aromatic rings. The van der Waals surface area contributed by atoms with Crippen LogP contribution in [0.1, 0.15) is 68.4 Å². The zero-order valence-electron chi connectivity index (χ0n) is 15.5. The van der Waals surface area contributed by atoms with Crippen LogP contribution < -0.4 is 0 Å². The van der Waals surface area contributed by atoms with Crippen molar-refractivity contribution in [2.75, 3.05) is 6.61 Å². The van der Waals surface area contributed by atoms with Crippen molar-refractivity contribution in [1.29, 1.82) is 0 Å². The number of rotatable bonds is 5. The molecule has 0 N–H and O–H groups in total. The SMILES string of the molecule is CC1(C)CC(C)(C)c2cc(C(=O)COC3=CC=C(C=O)CC3)ccc21. The Bertz CT molecular complexity index is 778. The van der Waals surface area contributed by atoms with E-state index in [9.17, 15) is 9.59 Å². The van der Waals surface area contributed by atoms with Gasteiger partial charge in [-0.25, -0.2) is 0 Å². The molecule has 0 aliphatic heterocycles. The first-order chi connectivity index (χ1) is 11.7. The Morgan fingerprint density at radius 3 is 2.44 bits per heavy atom. The van der Waals surface area contributed by atoms with Crippen LogP contribution in [0.4, 0.5) is 0 Å². The minimum atomic E-state index is -0.00521. The second-order valence-electron chi connectivity index (χ2n) is 8.41. The summed E-state index contributed by atoms with van der Waals surface area (Å²) in [5.41, 5.74) is 4.33. The van der Waals surface area contributed by atoms with Crippen LogP contribution in [0.3, 0.4) is 0 Å². The predicted octanol–water partition coefficient (Wildman–Crippen LogP) is 4.65. The molecule has 0 unspecified atom stereocenters. The van der Waals surface area contributed by atoms with E-state index in [1.807, 2.05) is 6.07 Å². The highest BCUT2D eigenvalue weighted by atomic mass is 16.5. The summed E-state index contributed by atoms with van der Waals surface area (Å²) in [5, 5.41) is 0. The third-order valence-corrected chi connectivity index (χ3v) is 5.37. The lowest BCUT2D eigenvalue weighted by Crippen LogP contribution is -2.18. The summed E-state index contributed by atoms with van der Waals surface area (Å²) < 4.78 is 5.66. The molecule has 2 aliphatic rings. The topological polar surface area (TPSA) is 43.4 Å². The highest BCUT2D eigenvalue weighted by Crippen LogP contribution is 2.49. The Labute approximate surface area is 149 Å². The number of benzene rings is 1. The molecule has 0 bridgehead atoms. The van der Waals surface area contributed by atoms with Crippen molar-refractivity contribution in [3.05, 3.63) is 58.4 Å². The van der Waals surface area contributed by atoms with Gasteiger partial charge < -0.3 is 4.74 Å². The van der Waals surface area contributed by atoms with Crippen LogP contribution in [0, 0.1) is 0 Å². The van der Waals surface area contributed by atoms with Gasteiger partial charge in [-0.05, 0) is 52.5 Å². The lowest BCUT2D eigenvalue weighted by atomic mass is 9.82. The molecule has 0 heterocycles. The Morgan fingerprint density at radius 1 is 1.08 bits per heavy atom. The number of allylic oxidation sites excluding steroid dienone is 4. The maximum absolute atomic E-state index is 12.6. The molecule has 3 heteroatoms. The lowest BCUT2D eigenvalue weighted by Gasteiger charge is -2.22. The molecular formula is C22H26O3. The van der Waals surface area contributed by atoms with Crippen molar-refractivity contribution >= 4 is 12.1 Å². The first-order valence-electron chi connectivity index (χ1n) is 8.89. The normalized spacial score (nSPS) is 20.3. The van der Waals surface area contributed by atoms with Gasteiger partial charge in [-0.15, -0.1) is 0 Å². The highest BCUT2D eigenvalue weighted by Gasteiger charge is 2.41. The van der Waals surface area contributed by atoms with Crippen LogP contribution in [-0.2, 0) is 20.4 Å². The summed E-state index contributed by atoms with van der Waals surface area (Å²) in [7, 11) is 0. The summed E-state index contributed by atoms with van der Waals surface area (Å²) in [6.45, 7) is 9.06. The van der Waals surface area contributed by atoms with Crippen LogP contribution in [0.25, 0.3) is 0 Å². The number of ketones is 1. The molecule has 25 heavy (non-hydrogen) atoms. The third-order valence-electron chi connectivity index (χ3n) is 5.37. The van der Waals surface area contributed by atoms with E-state index in [4.69, 9.17) is 4.74 Å². The van der Waals surface area contributed by atoms with Gasteiger partial charge in [-0.3, -0.25) is 9.59 Å². The Balaban J connectivity index is 1.73. The molecule has 0 saturated heterocycles. The number of carbonyl (C=O) groups excluding carboxylic acids is 2. The van der Waals surface area contributed by atoms with Gasteiger partial charge in [0.1, 0.15) is 6.29 Å². The van der Waals surface area contributed by atoms with Crippen LogP contribution in [0.5, 0.6) is 0 Å². The standard InChI is InChI=1S/C22H26O3/c1-21(2)14-22(3,4)19-11-16(7-10-18(19)21)20(24)13-25-17-8-5-15(12-23)6-9-17/h5,7-8,10-12H,6,9,13-14H2,1-4H3. The number of aldehydes is 1. The monoisotopic (exact) mass is 338 g/mol. The minimum Gasteiger partial charge on any atom is -0.490 e. The molecule has 3 rings (SSSR count). The second-order valence-corrected chi connectivity index (χ2v) is 8.41. The number of fused-ring (bicyclic) bond motifs is 1. The van der Waals surface area contributed by atoms with Crippen molar-refractivity contribution in [3.8, 4) is 0 Å². The molecule has 0 radical (unpaired) electrons. The molecule has 0 saturated carbocycles. The highest BCUT2D eigenvalue weighted by molar-refractivity contribution is 5.97. The van der Waals surface area contributed by atoms with Gasteiger partial charge in [-0.1, -0.05) is 45.9 Å². The average molecular weight is 338 g/mol. The smallest absolute Gasteiger partial charge is 0.200 e. The molecule has 0 aromatic heterocycles. The van der Waals surface area contributed by atoms with Crippen molar-refractivity contribution in [3.63, 3.8) is 0 Å². The van der Waals surface area contributed by atoms with Crippen molar-refractivity contribution in [2.45, 2.75) is 57.8 Å². The zero-order chi connectivity index (χ0) is 18.2. The number of ether oxygens (including phenoxy) is 1. The van der Waals surface area contributed by atoms with Crippen LogP contribution >= 0.6 is 0 Å². The molecule has 0 fully saturated rings. The van der Waals surface area contributed by atoms with E-state index in [0.29, 0.717) is 18.4 Å². The molecule has 2 aliphatic carbocycles. The van der Waals surface area contributed by atoms with Gasteiger partial charge in [0.2, 0.25) is 0 Å². The fourth-order valence-electron chi connectivity index (χ4n) is 4.26. The second kappa shape index (κ2) is 6.29. The molecule has 0 amide bonds. The van der Waals surface area contributed by atoms with Crippen LogP contribution in [0.15, 0.2) is 41.7 Å². The van der Waals surface area contributed by atoms with E-state index in [1.165, 1.54) is 11.1 Å². The molecule has 0 spiro atoms. The molecule has 3 nitrogen and oxygen atoms in total. The average Bonchev–Trinajstić information content (AvgIpc) is 2.77. The van der Waals surface area contributed by atoms with E-state index in [-0.39, 0.29) is 23.2 Å². The van der Waals surface area contributed by atoms with E-state index < -0.39 is 0 Å². The fraction of sp³-hybridized carbons (Fsp3) is 0.455. The summed E-state index contributed by atoms with van der Waals surface area (Å²) in [6, 6.07) is 6.08. The largest absolute Gasteiger partial charge is 0.490 e. The zero-order valence-corrected chi connectivity index (χ0v) is 15.5. The van der Waals surface area contributed by atoms with Gasteiger partial charge in [0.15, 0.2) is 12.4 Å². The fourth-order valence-corrected chi connectivity index (χ4v) is 4.26. The first kappa shape index (κ1) is 17.7. The van der Waals surface area contributed by atoms with Crippen molar-refractivity contribution in [2.24, 2.45) is 0 Å². The summed E-state index contributed by atoms with van der Waals surface area (Å²) in [4.78, 5) is 23.3. The predicted molar refractivity (Wildman–Crippen MR) is 98.9 cm³/mol. The van der Waals surface area contributed by atoms with Gasteiger partial charge in [0, 0.05) is 12.0 Å². The third kappa shape index (κ3) is 3.46. The number of carbonyl (C=O) groups is 2. The van der Waals surface area contributed by atoms with Gasteiger partial charge in [0.25, 0.3) is 0 Å². The maximum atomic E-state index is 12.6. The first-order valence-corrected chi connectivity index (χ1v) is 8.89. The maximum Gasteiger partial charge on any atom is 0.200 e. The van der Waals surface area contributed by atoms with Gasteiger partial charge in [-0.2, -0.15) is 0 Å². The number of Topliss-reactive ketones (excluding diaryl/α,β-unsaturated/α-hetero) is 1. The Morgan fingerprint density at radius 2 is 1.80 bits per heavy atom. The molecule has 1 aromatic carbocycles. The number of hydrogen-bond acceptors (Lipinski definition) is 3. The Hall–Kier alpha value is -2.16. The van der Waals surface area contributed by atoms with E-state index in [0.717, 1.165) is 24.0 Å². The van der Waals surface area contributed by atoms with Gasteiger partial charge in [0.05, 0.1) is 5.76 Å². The summed E-state index contributed by atoms with van der Waals surface area (Å²) >= 11 is 0. The van der Waals surface area contributed by atoms with Crippen LogP contribution in [0.2, 0.25) is 0 Å². The molecule has 0 atom stereocenters. The van der Waals surface area contributed by atoms with Crippen LogP contribution in [-0.4, -0.2) is 18.7 Å². The van der Waals surface area contributed by atoms with Crippen molar-refractivity contribution < 1.29 is 14.3 Å². The van der Waals surface area contributed by atoms with E-state index >= 15 is 0 Å².